The predicted molar refractivity (Wildman–Crippen MR) is 113 cm³/mol. The quantitative estimate of drug-likeness (QED) is 0.386. The van der Waals surface area contributed by atoms with Crippen molar-refractivity contribution in [2.45, 2.75) is 38.3 Å². The van der Waals surface area contributed by atoms with Gasteiger partial charge < -0.3 is 10.6 Å². The van der Waals surface area contributed by atoms with Crippen molar-refractivity contribution in [3.63, 3.8) is 0 Å². The summed E-state index contributed by atoms with van der Waals surface area (Å²) in [6, 6.07) is 8.52. The van der Waals surface area contributed by atoms with E-state index in [-0.39, 0.29) is 24.0 Å². The van der Waals surface area contributed by atoms with Crippen LogP contribution in [-0.4, -0.2) is 24.0 Å². The van der Waals surface area contributed by atoms with E-state index in [9.17, 15) is 0 Å². The highest BCUT2D eigenvalue weighted by Crippen LogP contribution is 2.41. The van der Waals surface area contributed by atoms with Gasteiger partial charge in [0, 0.05) is 35.1 Å². The Bertz CT molecular complexity index is 703. The van der Waals surface area contributed by atoms with Crippen molar-refractivity contribution in [2.24, 2.45) is 4.99 Å². The van der Waals surface area contributed by atoms with Crippen LogP contribution in [0.15, 0.2) is 35.5 Å². The molecule has 130 valence electrons. The Morgan fingerprint density at radius 1 is 1.46 bits per heavy atom. The number of benzene rings is 1. The summed E-state index contributed by atoms with van der Waals surface area (Å²) in [6.45, 7) is 2.85. The van der Waals surface area contributed by atoms with Gasteiger partial charge in [0.25, 0.3) is 0 Å². The number of halogens is 2. The van der Waals surface area contributed by atoms with Crippen molar-refractivity contribution >= 4 is 52.9 Å². The van der Waals surface area contributed by atoms with Gasteiger partial charge in [-0.3, -0.25) is 4.99 Å². The Hall–Kier alpha value is -0.860. The van der Waals surface area contributed by atoms with Crippen LogP contribution in [0.4, 0.5) is 0 Å². The molecule has 0 saturated heterocycles. The molecule has 1 fully saturated rings. The molecule has 0 radical (unpaired) electrons. The largest absolute Gasteiger partial charge is 0.353 e. The Kier molecular flexibility index (Phi) is 7.31. The van der Waals surface area contributed by atoms with Gasteiger partial charge in [-0.15, -0.1) is 35.3 Å². The average Bonchev–Trinajstić information content (AvgIpc) is 3.18. The first-order chi connectivity index (χ1) is 11.2. The zero-order chi connectivity index (χ0) is 16.2. The minimum atomic E-state index is 0. The Labute approximate surface area is 169 Å². The van der Waals surface area contributed by atoms with E-state index < -0.39 is 0 Å². The van der Waals surface area contributed by atoms with Crippen LogP contribution < -0.4 is 10.6 Å². The fourth-order valence-electron chi connectivity index (χ4n) is 2.58. The van der Waals surface area contributed by atoms with Crippen LogP contribution >= 0.6 is 46.9 Å². The van der Waals surface area contributed by atoms with E-state index >= 15 is 0 Å². The number of rotatable bonds is 5. The third-order valence-electron chi connectivity index (χ3n) is 3.97. The summed E-state index contributed by atoms with van der Waals surface area (Å²) in [7, 11) is 1.80. The molecule has 0 bridgehead atoms. The Balaban J connectivity index is 0.00000208. The summed E-state index contributed by atoms with van der Waals surface area (Å²) >= 11 is 7.81. The molecule has 0 spiro atoms. The fourth-order valence-corrected chi connectivity index (χ4v) is 3.58. The molecular formula is C17H22ClIN4S. The number of nitrogens with one attached hydrogen (secondary N) is 2. The highest BCUT2D eigenvalue weighted by atomic mass is 127. The van der Waals surface area contributed by atoms with Gasteiger partial charge in [-0.05, 0) is 30.5 Å². The molecule has 1 saturated carbocycles. The molecule has 1 aromatic carbocycles. The van der Waals surface area contributed by atoms with E-state index in [2.05, 4.69) is 33.6 Å². The van der Waals surface area contributed by atoms with Crippen LogP contribution in [0.1, 0.15) is 34.7 Å². The normalized spacial score (nSPS) is 19.5. The molecule has 2 unspecified atom stereocenters. The lowest BCUT2D eigenvalue weighted by Crippen LogP contribution is -2.38. The van der Waals surface area contributed by atoms with Crippen molar-refractivity contribution in [1.29, 1.82) is 0 Å². The Morgan fingerprint density at radius 3 is 2.96 bits per heavy atom. The van der Waals surface area contributed by atoms with Crippen molar-refractivity contribution in [1.82, 2.24) is 15.6 Å². The summed E-state index contributed by atoms with van der Waals surface area (Å²) in [4.78, 5) is 10.0. The first-order valence-corrected chi connectivity index (χ1v) is 9.05. The molecule has 2 N–H and O–H groups in total. The van der Waals surface area contributed by atoms with Crippen molar-refractivity contribution in [2.75, 3.05) is 7.05 Å². The van der Waals surface area contributed by atoms with Crippen LogP contribution in [0.5, 0.6) is 0 Å². The topological polar surface area (TPSA) is 49.3 Å². The average molecular weight is 477 g/mol. The molecule has 1 aromatic heterocycles. The number of aromatic nitrogens is 1. The predicted octanol–water partition coefficient (Wildman–Crippen LogP) is 4.20. The van der Waals surface area contributed by atoms with E-state index in [1.54, 1.807) is 18.4 Å². The number of thiazole rings is 1. The molecule has 4 nitrogen and oxygen atoms in total. The first-order valence-electron chi connectivity index (χ1n) is 7.85. The van der Waals surface area contributed by atoms with Crippen LogP contribution in [-0.2, 0) is 13.0 Å². The lowest BCUT2D eigenvalue weighted by Gasteiger charge is -2.11. The monoisotopic (exact) mass is 476 g/mol. The Morgan fingerprint density at radius 2 is 2.29 bits per heavy atom. The van der Waals surface area contributed by atoms with E-state index in [1.165, 1.54) is 10.4 Å². The van der Waals surface area contributed by atoms with Gasteiger partial charge in [0.15, 0.2) is 5.96 Å². The van der Waals surface area contributed by atoms with Gasteiger partial charge in [-0.1, -0.05) is 30.7 Å². The van der Waals surface area contributed by atoms with E-state index in [0.717, 1.165) is 28.8 Å². The maximum atomic E-state index is 6.07. The number of hydrogen-bond acceptors (Lipinski definition) is 3. The molecule has 1 aliphatic carbocycles. The summed E-state index contributed by atoms with van der Waals surface area (Å²) in [6.07, 6.45) is 4.10. The smallest absolute Gasteiger partial charge is 0.191 e. The van der Waals surface area contributed by atoms with Crippen LogP contribution in [0.2, 0.25) is 5.02 Å². The van der Waals surface area contributed by atoms with Crippen molar-refractivity contribution in [3.05, 3.63) is 50.9 Å². The maximum Gasteiger partial charge on any atom is 0.191 e. The third-order valence-corrected chi connectivity index (χ3v) is 5.35. The minimum Gasteiger partial charge on any atom is -0.353 e. The second kappa shape index (κ2) is 9.01. The number of guanidine groups is 1. The van der Waals surface area contributed by atoms with Gasteiger partial charge in [0.1, 0.15) is 5.01 Å². The van der Waals surface area contributed by atoms with Gasteiger partial charge in [0.05, 0.1) is 6.54 Å². The molecule has 0 amide bonds. The third kappa shape index (κ3) is 5.07. The van der Waals surface area contributed by atoms with Crippen LogP contribution in [0.3, 0.4) is 0 Å². The SMILES string of the molecule is CCc1cnc(CNC(=NC)NC2CC2c2cccc(Cl)c2)s1.I. The molecule has 0 aliphatic heterocycles. The molecule has 1 heterocycles. The summed E-state index contributed by atoms with van der Waals surface area (Å²) < 4.78 is 0. The van der Waals surface area contributed by atoms with E-state index in [4.69, 9.17) is 11.6 Å². The van der Waals surface area contributed by atoms with Crippen molar-refractivity contribution in [3.8, 4) is 0 Å². The van der Waals surface area contributed by atoms with Gasteiger partial charge in [0.2, 0.25) is 0 Å². The summed E-state index contributed by atoms with van der Waals surface area (Å²) in [5.74, 6) is 1.34. The number of nitrogens with zero attached hydrogens (tertiary/aromatic N) is 2. The minimum absolute atomic E-state index is 0. The van der Waals surface area contributed by atoms with Gasteiger partial charge >= 0.3 is 0 Å². The van der Waals surface area contributed by atoms with E-state index in [1.807, 2.05) is 24.4 Å². The molecule has 3 rings (SSSR count). The maximum absolute atomic E-state index is 6.07. The first kappa shape index (κ1) is 19.5. The highest BCUT2D eigenvalue weighted by molar-refractivity contribution is 14.0. The van der Waals surface area contributed by atoms with E-state index in [0.29, 0.717) is 18.5 Å². The molecule has 1 aliphatic rings. The van der Waals surface area contributed by atoms with Crippen LogP contribution in [0, 0.1) is 0 Å². The van der Waals surface area contributed by atoms with Gasteiger partial charge in [-0.25, -0.2) is 4.98 Å². The lowest BCUT2D eigenvalue weighted by atomic mass is 10.1. The second-order valence-electron chi connectivity index (χ2n) is 5.65. The van der Waals surface area contributed by atoms with Crippen molar-refractivity contribution < 1.29 is 0 Å². The molecule has 24 heavy (non-hydrogen) atoms. The standard InChI is InChI=1S/C17H21ClN4S.HI/c1-3-13-9-20-16(23-13)10-21-17(19-2)22-15-8-14(15)11-5-4-6-12(18)7-11;/h4-7,9,14-15H,3,8,10H2,1-2H3,(H2,19,21,22);1H. The molecule has 2 atom stereocenters. The van der Waals surface area contributed by atoms with Crippen LogP contribution in [0.25, 0.3) is 0 Å². The zero-order valence-corrected chi connectivity index (χ0v) is 17.7. The highest BCUT2D eigenvalue weighted by Gasteiger charge is 2.39. The summed E-state index contributed by atoms with van der Waals surface area (Å²) in [5.41, 5.74) is 1.29. The lowest BCUT2D eigenvalue weighted by molar-refractivity contribution is 0.787. The molecular weight excluding hydrogens is 455 g/mol. The zero-order valence-electron chi connectivity index (χ0n) is 13.8. The fraction of sp³-hybridized carbons (Fsp3) is 0.412. The molecule has 2 aromatic rings. The number of hydrogen-bond donors (Lipinski definition) is 2. The number of aliphatic imine (C=N–C) groups is 1. The number of aryl methyl sites for hydroxylation is 1. The molecule has 7 heteroatoms. The van der Waals surface area contributed by atoms with Gasteiger partial charge in [-0.2, -0.15) is 0 Å². The summed E-state index contributed by atoms with van der Waals surface area (Å²) in [5, 5.41) is 8.70. The second-order valence-corrected chi connectivity index (χ2v) is 7.28.